The lowest BCUT2D eigenvalue weighted by atomic mass is 10.1. The highest BCUT2D eigenvalue weighted by molar-refractivity contribution is 5.29. The molecule has 0 bridgehead atoms. The lowest BCUT2D eigenvalue weighted by Crippen LogP contribution is -2.36. The van der Waals surface area contributed by atoms with Crippen molar-refractivity contribution in [1.29, 1.82) is 0 Å². The minimum atomic E-state index is 0.330. The van der Waals surface area contributed by atoms with Crippen LogP contribution in [0, 0.1) is 0 Å². The Balaban J connectivity index is 1.98. The van der Waals surface area contributed by atoms with Crippen LogP contribution in [0.5, 0.6) is 11.5 Å². The van der Waals surface area contributed by atoms with Crippen LogP contribution >= 0.6 is 0 Å². The predicted octanol–water partition coefficient (Wildman–Crippen LogP) is 4.35. The Bertz CT molecular complexity index is 582. The minimum Gasteiger partial charge on any atom is -0.497 e. The van der Waals surface area contributed by atoms with Gasteiger partial charge in [-0.25, -0.2) is 0 Å². The molecule has 4 nitrogen and oxygen atoms in total. The van der Waals surface area contributed by atoms with E-state index in [9.17, 15) is 0 Å². The van der Waals surface area contributed by atoms with Crippen LogP contribution in [0.1, 0.15) is 37.1 Å². The molecule has 2 unspecified atom stereocenters. The summed E-state index contributed by atoms with van der Waals surface area (Å²) >= 11 is 0. The van der Waals surface area contributed by atoms with Crippen molar-refractivity contribution in [2.45, 2.75) is 25.9 Å². The molecule has 0 aliphatic heterocycles. The van der Waals surface area contributed by atoms with E-state index in [2.05, 4.69) is 62.0 Å². The molecule has 0 spiro atoms. The monoisotopic (exact) mass is 342 g/mol. The van der Waals surface area contributed by atoms with Crippen LogP contribution < -0.4 is 9.47 Å². The van der Waals surface area contributed by atoms with Gasteiger partial charge in [-0.15, -0.1) is 0 Å². The fraction of sp³-hybridized carbons (Fsp3) is 0.429. The first-order valence-corrected chi connectivity index (χ1v) is 8.64. The molecular weight excluding hydrogens is 312 g/mol. The first kappa shape index (κ1) is 19.3. The standard InChI is InChI=1S/C21H30N2O2/c1-16(18-7-11-20(24-5)12-8-18)22(3)15-23(4)17(2)19-9-13-21(25-6)14-10-19/h7-14,16-17H,15H2,1-6H3. The van der Waals surface area contributed by atoms with E-state index in [0.717, 1.165) is 18.2 Å². The molecule has 0 aliphatic carbocycles. The third-order valence-electron chi connectivity index (χ3n) is 4.96. The van der Waals surface area contributed by atoms with Gasteiger partial charge in [-0.2, -0.15) is 0 Å². The molecule has 0 saturated carbocycles. The summed E-state index contributed by atoms with van der Waals surface area (Å²) in [5.74, 6) is 1.78. The molecule has 0 aromatic heterocycles. The predicted molar refractivity (Wildman–Crippen MR) is 103 cm³/mol. The molecule has 2 atom stereocenters. The fourth-order valence-corrected chi connectivity index (χ4v) is 2.87. The number of nitrogens with zero attached hydrogens (tertiary/aromatic N) is 2. The zero-order valence-corrected chi connectivity index (χ0v) is 16.2. The maximum absolute atomic E-state index is 5.24. The summed E-state index contributed by atoms with van der Waals surface area (Å²) in [6.45, 7) is 5.34. The zero-order chi connectivity index (χ0) is 18.4. The SMILES string of the molecule is COc1ccc(C(C)N(C)CN(C)C(C)c2ccc(OC)cc2)cc1. The molecule has 0 saturated heterocycles. The highest BCUT2D eigenvalue weighted by atomic mass is 16.5. The Morgan fingerprint density at radius 3 is 1.28 bits per heavy atom. The molecule has 0 N–H and O–H groups in total. The van der Waals surface area contributed by atoms with Gasteiger partial charge in [0.25, 0.3) is 0 Å². The lowest BCUT2D eigenvalue weighted by Gasteiger charge is -2.33. The molecule has 0 fully saturated rings. The van der Waals surface area contributed by atoms with Gasteiger partial charge in [0.05, 0.1) is 20.9 Å². The first-order chi connectivity index (χ1) is 12.0. The molecular formula is C21H30N2O2. The normalized spacial score (nSPS) is 13.8. The van der Waals surface area contributed by atoms with Crippen LogP contribution in [0.4, 0.5) is 0 Å². The average Bonchev–Trinajstić information content (AvgIpc) is 2.66. The molecule has 136 valence electrons. The van der Waals surface area contributed by atoms with Crippen molar-refractivity contribution in [2.24, 2.45) is 0 Å². The molecule has 2 aromatic carbocycles. The summed E-state index contributed by atoms with van der Waals surface area (Å²) in [5.41, 5.74) is 2.57. The zero-order valence-electron chi connectivity index (χ0n) is 16.2. The molecule has 0 radical (unpaired) electrons. The highest BCUT2D eigenvalue weighted by Gasteiger charge is 2.17. The third kappa shape index (κ3) is 4.97. The summed E-state index contributed by atoms with van der Waals surface area (Å²) in [4.78, 5) is 4.70. The van der Waals surface area contributed by atoms with E-state index in [1.54, 1.807) is 14.2 Å². The van der Waals surface area contributed by atoms with Crippen molar-refractivity contribution >= 4 is 0 Å². The fourth-order valence-electron chi connectivity index (χ4n) is 2.87. The smallest absolute Gasteiger partial charge is 0.118 e. The van der Waals surface area contributed by atoms with Crippen molar-refractivity contribution in [3.63, 3.8) is 0 Å². The Labute approximate surface area is 152 Å². The van der Waals surface area contributed by atoms with Gasteiger partial charge in [-0.3, -0.25) is 9.80 Å². The van der Waals surface area contributed by atoms with Gasteiger partial charge in [0, 0.05) is 12.1 Å². The van der Waals surface area contributed by atoms with E-state index in [4.69, 9.17) is 9.47 Å². The number of hydrogen-bond acceptors (Lipinski definition) is 4. The Hall–Kier alpha value is -2.04. The molecule has 25 heavy (non-hydrogen) atoms. The van der Waals surface area contributed by atoms with Crippen LogP contribution in [0.25, 0.3) is 0 Å². The minimum absolute atomic E-state index is 0.330. The highest BCUT2D eigenvalue weighted by Crippen LogP contribution is 2.25. The Morgan fingerprint density at radius 1 is 0.680 bits per heavy atom. The van der Waals surface area contributed by atoms with Crippen molar-refractivity contribution in [1.82, 2.24) is 9.80 Å². The Kier molecular flexibility index (Phi) is 6.85. The van der Waals surface area contributed by atoms with Gasteiger partial charge in [-0.05, 0) is 63.3 Å². The van der Waals surface area contributed by atoms with E-state index in [-0.39, 0.29) is 0 Å². The number of hydrogen-bond donors (Lipinski definition) is 0. The van der Waals surface area contributed by atoms with E-state index >= 15 is 0 Å². The summed E-state index contributed by atoms with van der Waals surface area (Å²) < 4.78 is 10.5. The topological polar surface area (TPSA) is 24.9 Å². The van der Waals surface area contributed by atoms with Crippen molar-refractivity contribution in [2.75, 3.05) is 35.0 Å². The third-order valence-corrected chi connectivity index (χ3v) is 4.96. The van der Waals surface area contributed by atoms with Gasteiger partial charge in [0.15, 0.2) is 0 Å². The maximum atomic E-state index is 5.24. The Morgan fingerprint density at radius 2 is 1.00 bits per heavy atom. The summed E-state index contributed by atoms with van der Waals surface area (Å²) in [6.07, 6.45) is 0. The molecule has 0 aliphatic rings. The molecule has 2 rings (SSSR count). The van der Waals surface area contributed by atoms with E-state index in [1.165, 1.54) is 11.1 Å². The van der Waals surface area contributed by atoms with Crippen LogP contribution in [0.15, 0.2) is 48.5 Å². The van der Waals surface area contributed by atoms with Gasteiger partial charge in [-0.1, -0.05) is 24.3 Å². The summed E-state index contributed by atoms with van der Waals surface area (Å²) in [5, 5.41) is 0. The van der Waals surface area contributed by atoms with Crippen LogP contribution in [-0.2, 0) is 0 Å². The summed E-state index contributed by atoms with van der Waals surface area (Å²) in [6, 6.07) is 17.3. The summed E-state index contributed by atoms with van der Waals surface area (Å²) in [7, 11) is 7.71. The van der Waals surface area contributed by atoms with Gasteiger partial charge < -0.3 is 9.47 Å². The van der Waals surface area contributed by atoms with E-state index in [1.807, 2.05) is 24.3 Å². The molecule has 0 amide bonds. The second-order valence-corrected chi connectivity index (χ2v) is 6.55. The number of ether oxygens (including phenoxy) is 2. The average molecular weight is 342 g/mol. The number of benzene rings is 2. The largest absolute Gasteiger partial charge is 0.497 e. The van der Waals surface area contributed by atoms with E-state index < -0.39 is 0 Å². The second-order valence-electron chi connectivity index (χ2n) is 6.55. The van der Waals surface area contributed by atoms with Crippen molar-refractivity contribution in [3.05, 3.63) is 59.7 Å². The van der Waals surface area contributed by atoms with Gasteiger partial charge >= 0.3 is 0 Å². The van der Waals surface area contributed by atoms with Crippen molar-refractivity contribution < 1.29 is 9.47 Å². The molecule has 2 aromatic rings. The number of methoxy groups -OCH3 is 2. The lowest BCUT2D eigenvalue weighted by molar-refractivity contribution is 0.117. The quantitative estimate of drug-likeness (QED) is 0.666. The van der Waals surface area contributed by atoms with Crippen molar-refractivity contribution in [3.8, 4) is 11.5 Å². The van der Waals surface area contributed by atoms with E-state index in [0.29, 0.717) is 12.1 Å². The second kappa shape index (κ2) is 8.88. The van der Waals surface area contributed by atoms with Gasteiger partial charge in [0.2, 0.25) is 0 Å². The first-order valence-electron chi connectivity index (χ1n) is 8.64. The molecule has 4 heteroatoms. The van der Waals surface area contributed by atoms with Crippen LogP contribution in [0.3, 0.4) is 0 Å². The van der Waals surface area contributed by atoms with Gasteiger partial charge in [0.1, 0.15) is 11.5 Å². The number of rotatable bonds is 8. The maximum Gasteiger partial charge on any atom is 0.118 e. The van der Waals surface area contributed by atoms with Crippen LogP contribution in [-0.4, -0.2) is 44.8 Å². The van der Waals surface area contributed by atoms with Crippen LogP contribution in [0.2, 0.25) is 0 Å². The molecule has 0 heterocycles.